The highest BCUT2D eigenvalue weighted by molar-refractivity contribution is 5.78. The van der Waals surface area contributed by atoms with Crippen molar-refractivity contribution in [3.63, 3.8) is 0 Å². The number of nitrogens with one attached hydrogen (secondary N) is 2. The van der Waals surface area contributed by atoms with Crippen molar-refractivity contribution in [1.29, 1.82) is 0 Å². The molecule has 0 aromatic heterocycles. The van der Waals surface area contributed by atoms with Crippen LogP contribution in [0.15, 0.2) is 24.3 Å². The summed E-state index contributed by atoms with van der Waals surface area (Å²) in [6, 6.07) is 7.84. The number of hydrogen-bond donors (Lipinski definition) is 2. The Bertz CT molecular complexity index is 450. The Kier molecular flexibility index (Phi) is 6.69. The van der Waals surface area contributed by atoms with Crippen LogP contribution in [0.4, 0.5) is 0 Å². The summed E-state index contributed by atoms with van der Waals surface area (Å²) >= 11 is 0. The van der Waals surface area contributed by atoms with Gasteiger partial charge in [0.15, 0.2) is 6.61 Å². The average molecular weight is 292 g/mol. The predicted molar refractivity (Wildman–Crippen MR) is 86.4 cm³/mol. The summed E-state index contributed by atoms with van der Waals surface area (Å²) in [5.41, 5.74) is 0.924. The first-order valence-corrected chi connectivity index (χ1v) is 7.50. The third-order valence-electron chi connectivity index (χ3n) is 2.66. The first-order chi connectivity index (χ1) is 9.76. The molecule has 2 N–H and O–H groups in total. The monoisotopic (exact) mass is 292 g/mol. The molecule has 1 aromatic carbocycles. The fourth-order valence-corrected chi connectivity index (χ4v) is 1.85. The first-order valence-electron chi connectivity index (χ1n) is 7.50. The van der Waals surface area contributed by atoms with Gasteiger partial charge in [-0.1, -0.05) is 26.0 Å². The number of carbonyl (C=O) groups is 1. The van der Waals surface area contributed by atoms with Crippen LogP contribution in [0.5, 0.6) is 5.75 Å². The minimum Gasteiger partial charge on any atom is -0.484 e. The maximum atomic E-state index is 11.7. The molecule has 21 heavy (non-hydrogen) atoms. The van der Waals surface area contributed by atoms with Gasteiger partial charge in [0, 0.05) is 12.1 Å². The van der Waals surface area contributed by atoms with Gasteiger partial charge in [0.1, 0.15) is 5.75 Å². The summed E-state index contributed by atoms with van der Waals surface area (Å²) in [7, 11) is 0. The molecular formula is C17H28N2O2. The SMILES string of the molecule is CC(C)CNCc1cccc(OCC(=O)NC(C)(C)C)c1. The van der Waals surface area contributed by atoms with Gasteiger partial charge in [-0.25, -0.2) is 0 Å². The highest BCUT2D eigenvalue weighted by atomic mass is 16.5. The van der Waals surface area contributed by atoms with Crippen molar-refractivity contribution in [2.45, 2.75) is 46.7 Å². The minimum absolute atomic E-state index is 0.0418. The van der Waals surface area contributed by atoms with E-state index in [1.54, 1.807) is 0 Å². The van der Waals surface area contributed by atoms with Crippen molar-refractivity contribution in [3.05, 3.63) is 29.8 Å². The standard InChI is InChI=1S/C17H28N2O2/c1-13(2)10-18-11-14-7-6-8-15(9-14)21-12-16(20)19-17(3,4)5/h6-9,13,18H,10-12H2,1-5H3,(H,19,20). The van der Waals surface area contributed by atoms with E-state index in [9.17, 15) is 4.79 Å². The Balaban J connectivity index is 2.43. The summed E-state index contributed by atoms with van der Waals surface area (Å²) in [5.74, 6) is 1.25. The fourth-order valence-electron chi connectivity index (χ4n) is 1.85. The Hall–Kier alpha value is -1.55. The highest BCUT2D eigenvalue weighted by Crippen LogP contribution is 2.13. The van der Waals surface area contributed by atoms with Crippen molar-refractivity contribution in [3.8, 4) is 5.75 Å². The second kappa shape index (κ2) is 8.03. The predicted octanol–water partition coefficient (Wildman–Crippen LogP) is 2.73. The molecule has 0 aliphatic heterocycles. The third-order valence-corrected chi connectivity index (χ3v) is 2.66. The van der Waals surface area contributed by atoms with E-state index in [4.69, 9.17) is 4.74 Å². The number of benzene rings is 1. The average Bonchev–Trinajstić information content (AvgIpc) is 2.34. The number of carbonyl (C=O) groups excluding carboxylic acids is 1. The van der Waals surface area contributed by atoms with Crippen LogP contribution in [0.25, 0.3) is 0 Å². The van der Waals surface area contributed by atoms with E-state index in [-0.39, 0.29) is 18.1 Å². The summed E-state index contributed by atoms with van der Waals surface area (Å²) in [4.78, 5) is 11.7. The molecule has 0 saturated carbocycles. The van der Waals surface area contributed by atoms with E-state index in [0.29, 0.717) is 5.92 Å². The van der Waals surface area contributed by atoms with Crippen LogP contribution in [0, 0.1) is 5.92 Å². The lowest BCUT2D eigenvalue weighted by molar-refractivity contribution is -0.124. The van der Waals surface area contributed by atoms with Crippen LogP contribution in [0.1, 0.15) is 40.2 Å². The zero-order valence-electron chi connectivity index (χ0n) is 13.8. The minimum atomic E-state index is -0.233. The molecule has 0 bridgehead atoms. The quantitative estimate of drug-likeness (QED) is 0.812. The Labute approximate surface area is 128 Å². The van der Waals surface area contributed by atoms with E-state index in [1.807, 2.05) is 39.0 Å². The molecule has 0 unspecified atom stereocenters. The zero-order valence-corrected chi connectivity index (χ0v) is 13.8. The van der Waals surface area contributed by atoms with Crippen LogP contribution in [-0.4, -0.2) is 24.6 Å². The van der Waals surface area contributed by atoms with E-state index >= 15 is 0 Å². The molecule has 0 saturated heterocycles. The Morgan fingerprint density at radius 2 is 2.00 bits per heavy atom. The van der Waals surface area contributed by atoms with Crippen LogP contribution < -0.4 is 15.4 Å². The van der Waals surface area contributed by atoms with Crippen molar-refractivity contribution in [2.24, 2.45) is 5.92 Å². The molecule has 0 atom stereocenters. The van der Waals surface area contributed by atoms with Crippen molar-refractivity contribution >= 4 is 5.91 Å². The maximum Gasteiger partial charge on any atom is 0.258 e. The molecule has 118 valence electrons. The topological polar surface area (TPSA) is 50.4 Å². The molecule has 0 aliphatic rings. The van der Waals surface area contributed by atoms with Gasteiger partial charge in [-0.2, -0.15) is 0 Å². The lowest BCUT2D eigenvalue weighted by atomic mass is 10.1. The lowest BCUT2D eigenvalue weighted by Crippen LogP contribution is -2.43. The van der Waals surface area contributed by atoms with E-state index in [0.717, 1.165) is 24.4 Å². The summed E-state index contributed by atoms with van der Waals surface area (Å²) in [6.07, 6.45) is 0. The molecule has 0 heterocycles. The van der Waals surface area contributed by atoms with E-state index < -0.39 is 0 Å². The van der Waals surface area contributed by atoms with Gasteiger partial charge in [-0.05, 0) is 50.9 Å². The fraction of sp³-hybridized carbons (Fsp3) is 0.588. The molecule has 0 spiro atoms. The second-order valence-electron chi connectivity index (χ2n) is 6.76. The van der Waals surface area contributed by atoms with Crippen molar-refractivity contribution < 1.29 is 9.53 Å². The lowest BCUT2D eigenvalue weighted by Gasteiger charge is -2.20. The molecule has 1 aromatic rings. The van der Waals surface area contributed by atoms with Gasteiger partial charge in [0.05, 0.1) is 0 Å². The van der Waals surface area contributed by atoms with E-state index in [1.165, 1.54) is 0 Å². The molecular weight excluding hydrogens is 264 g/mol. The molecule has 4 heteroatoms. The van der Waals surface area contributed by atoms with Crippen molar-refractivity contribution in [2.75, 3.05) is 13.2 Å². The number of ether oxygens (including phenoxy) is 1. The van der Waals surface area contributed by atoms with Gasteiger partial charge >= 0.3 is 0 Å². The summed E-state index contributed by atoms with van der Waals surface area (Å²) in [6.45, 7) is 12.0. The van der Waals surface area contributed by atoms with Gasteiger partial charge < -0.3 is 15.4 Å². The van der Waals surface area contributed by atoms with E-state index in [2.05, 4.69) is 30.5 Å². The van der Waals surface area contributed by atoms with Gasteiger partial charge in [-0.3, -0.25) is 4.79 Å². The Morgan fingerprint density at radius 1 is 1.29 bits per heavy atom. The van der Waals surface area contributed by atoms with Gasteiger partial charge in [0.25, 0.3) is 5.91 Å². The van der Waals surface area contributed by atoms with Gasteiger partial charge in [0.2, 0.25) is 0 Å². The first kappa shape index (κ1) is 17.5. The number of amides is 1. The van der Waals surface area contributed by atoms with Crippen LogP contribution in [0.2, 0.25) is 0 Å². The van der Waals surface area contributed by atoms with Crippen LogP contribution >= 0.6 is 0 Å². The third kappa shape index (κ3) is 8.35. The van der Waals surface area contributed by atoms with Crippen molar-refractivity contribution in [1.82, 2.24) is 10.6 Å². The molecule has 0 radical (unpaired) electrons. The summed E-state index contributed by atoms with van der Waals surface area (Å²) < 4.78 is 5.54. The maximum absolute atomic E-state index is 11.7. The second-order valence-corrected chi connectivity index (χ2v) is 6.76. The zero-order chi connectivity index (χ0) is 15.9. The normalized spacial score (nSPS) is 11.5. The largest absolute Gasteiger partial charge is 0.484 e. The van der Waals surface area contributed by atoms with Crippen LogP contribution in [0.3, 0.4) is 0 Å². The molecule has 1 rings (SSSR count). The smallest absolute Gasteiger partial charge is 0.258 e. The highest BCUT2D eigenvalue weighted by Gasteiger charge is 2.13. The van der Waals surface area contributed by atoms with Gasteiger partial charge in [-0.15, -0.1) is 0 Å². The Morgan fingerprint density at radius 3 is 2.62 bits per heavy atom. The van der Waals surface area contributed by atoms with Crippen LogP contribution in [-0.2, 0) is 11.3 Å². The molecule has 4 nitrogen and oxygen atoms in total. The molecule has 0 fully saturated rings. The number of rotatable bonds is 7. The molecule has 0 aliphatic carbocycles. The molecule has 1 amide bonds. The summed E-state index contributed by atoms with van der Waals surface area (Å²) in [5, 5.41) is 6.26. The number of hydrogen-bond acceptors (Lipinski definition) is 3.